The number of hydrogen-bond donors (Lipinski definition) is 2. The van der Waals surface area contributed by atoms with Crippen molar-refractivity contribution in [1.29, 1.82) is 0 Å². The third kappa shape index (κ3) is 3.84. The van der Waals surface area contributed by atoms with E-state index in [1.807, 2.05) is 12.1 Å². The van der Waals surface area contributed by atoms with Gasteiger partial charge in [-0.15, -0.1) is 11.3 Å². The Balaban J connectivity index is 1.99. The zero-order valence-corrected chi connectivity index (χ0v) is 14.6. The predicted octanol–water partition coefficient (Wildman–Crippen LogP) is 4.28. The van der Waals surface area contributed by atoms with Gasteiger partial charge in [-0.05, 0) is 30.3 Å². The zero-order chi connectivity index (χ0) is 17.1. The zero-order valence-electron chi connectivity index (χ0n) is 12.3. The average Bonchev–Trinajstić information content (AvgIpc) is 2.93. The summed E-state index contributed by atoms with van der Waals surface area (Å²) in [7, 11) is 0. The third-order valence-electron chi connectivity index (χ3n) is 3.16. The van der Waals surface area contributed by atoms with Gasteiger partial charge in [0.1, 0.15) is 0 Å². The first-order chi connectivity index (χ1) is 11.5. The lowest BCUT2D eigenvalue weighted by molar-refractivity contribution is -0.117. The lowest BCUT2D eigenvalue weighted by Crippen LogP contribution is -2.13. The second-order valence-corrected chi connectivity index (χ2v) is 6.85. The van der Waals surface area contributed by atoms with Crippen LogP contribution >= 0.6 is 34.5 Å². The Morgan fingerprint density at radius 2 is 1.96 bits per heavy atom. The van der Waals surface area contributed by atoms with E-state index in [0.29, 0.717) is 26.6 Å². The molecule has 2 aromatic heterocycles. The summed E-state index contributed by atoms with van der Waals surface area (Å²) in [4.78, 5) is 20.7. The van der Waals surface area contributed by atoms with E-state index in [1.165, 1.54) is 11.3 Å². The lowest BCUT2D eigenvalue weighted by Gasteiger charge is -2.05. The number of halogens is 2. The molecule has 1 aromatic carbocycles. The Morgan fingerprint density at radius 3 is 2.67 bits per heavy atom. The van der Waals surface area contributed by atoms with Crippen molar-refractivity contribution < 1.29 is 4.79 Å². The molecule has 0 unspecified atom stereocenters. The molecule has 0 saturated heterocycles. The van der Waals surface area contributed by atoms with Gasteiger partial charge in [-0.2, -0.15) is 0 Å². The minimum Gasteiger partial charge on any atom is -0.369 e. The van der Waals surface area contributed by atoms with Crippen molar-refractivity contribution in [3.8, 4) is 11.3 Å². The molecular weight excluding hydrogens is 367 g/mol. The molecule has 3 rings (SSSR count). The normalized spacial score (nSPS) is 10.6. The van der Waals surface area contributed by atoms with Gasteiger partial charge in [-0.25, -0.2) is 4.98 Å². The fourth-order valence-corrected chi connectivity index (χ4v) is 3.47. The third-order valence-corrected chi connectivity index (χ3v) is 4.69. The Bertz CT molecular complexity index is 883. The quantitative estimate of drug-likeness (QED) is 0.693. The first-order valence-corrected chi connectivity index (χ1v) is 8.50. The van der Waals surface area contributed by atoms with Crippen LogP contribution in [0.1, 0.15) is 4.88 Å². The molecule has 0 bridgehead atoms. The number of carbonyl (C=O) groups excluding carboxylic acids is 1. The topological polar surface area (TPSA) is 80.9 Å². The standard InChI is InChI=1S/C16H12Cl2N4OS/c17-10-1-2-11(18)12(7-10)21-16-22-15(9-3-5-20-6-4-9)13(24-16)8-14(19)23/h1-7H,8H2,(H2,19,23)(H,21,22). The van der Waals surface area contributed by atoms with Crippen molar-refractivity contribution in [2.75, 3.05) is 5.32 Å². The van der Waals surface area contributed by atoms with Crippen molar-refractivity contribution in [1.82, 2.24) is 9.97 Å². The number of thiazole rings is 1. The van der Waals surface area contributed by atoms with E-state index >= 15 is 0 Å². The van der Waals surface area contributed by atoms with Gasteiger partial charge in [0, 0.05) is 27.9 Å². The van der Waals surface area contributed by atoms with Crippen LogP contribution in [0.15, 0.2) is 42.7 Å². The summed E-state index contributed by atoms with van der Waals surface area (Å²) >= 11 is 13.5. The molecule has 0 atom stereocenters. The Kier molecular flexibility index (Phi) is 4.99. The Hall–Kier alpha value is -2.15. The molecule has 3 N–H and O–H groups in total. The molecule has 2 heterocycles. The molecule has 0 aliphatic heterocycles. The molecular formula is C16H12Cl2N4OS. The van der Waals surface area contributed by atoms with E-state index < -0.39 is 5.91 Å². The van der Waals surface area contributed by atoms with Gasteiger partial charge in [-0.1, -0.05) is 23.2 Å². The number of hydrogen-bond acceptors (Lipinski definition) is 5. The van der Waals surface area contributed by atoms with Crippen LogP contribution in [0.5, 0.6) is 0 Å². The molecule has 8 heteroatoms. The number of nitrogens with zero attached hydrogens (tertiary/aromatic N) is 2. The number of anilines is 2. The van der Waals surface area contributed by atoms with Crippen LogP contribution in [0.3, 0.4) is 0 Å². The smallest absolute Gasteiger partial charge is 0.222 e. The average molecular weight is 379 g/mol. The fourth-order valence-electron chi connectivity index (χ4n) is 2.13. The molecule has 0 radical (unpaired) electrons. The molecule has 5 nitrogen and oxygen atoms in total. The molecule has 1 amide bonds. The van der Waals surface area contributed by atoms with Crippen molar-refractivity contribution in [3.63, 3.8) is 0 Å². The number of primary amides is 1. The Labute approximate surface area is 152 Å². The molecule has 3 aromatic rings. The number of nitrogens with two attached hydrogens (primary N) is 1. The molecule has 0 aliphatic rings. The van der Waals surface area contributed by atoms with E-state index in [0.717, 1.165) is 10.4 Å². The van der Waals surface area contributed by atoms with Crippen molar-refractivity contribution in [2.24, 2.45) is 5.73 Å². The highest BCUT2D eigenvalue weighted by molar-refractivity contribution is 7.16. The second-order valence-electron chi connectivity index (χ2n) is 4.92. The van der Waals surface area contributed by atoms with Gasteiger partial charge >= 0.3 is 0 Å². The summed E-state index contributed by atoms with van der Waals surface area (Å²) in [5.74, 6) is -0.415. The second kappa shape index (κ2) is 7.17. The van der Waals surface area contributed by atoms with E-state index in [1.54, 1.807) is 30.6 Å². The van der Waals surface area contributed by atoms with Crippen molar-refractivity contribution in [2.45, 2.75) is 6.42 Å². The van der Waals surface area contributed by atoms with Crippen molar-refractivity contribution in [3.05, 3.63) is 57.6 Å². The minimum absolute atomic E-state index is 0.111. The van der Waals surface area contributed by atoms with Gasteiger partial charge in [0.15, 0.2) is 5.13 Å². The van der Waals surface area contributed by atoms with E-state index in [9.17, 15) is 4.79 Å². The van der Waals surface area contributed by atoms with E-state index in [-0.39, 0.29) is 6.42 Å². The summed E-state index contributed by atoms with van der Waals surface area (Å²) in [5.41, 5.74) is 7.55. The van der Waals surface area contributed by atoms with Crippen molar-refractivity contribution >= 4 is 51.3 Å². The van der Waals surface area contributed by atoms with Crippen LogP contribution in [-0.2, 0) is 11.2 Å². The number of carbonyl (C=O) groups is 1. The largest absolute Gasteiger partial charge is 0.369 e. The molecule has 0 fully saturated rings. The SMILES string of the molecule is NC(=O)Cc1sc(Nc2cc(Cl)ccc2Cl)nc1-c1ccncc1. The molecule has 122 valence electrons. The predicted molar refractivity (Wildman–Crippen MR) is 98.0 cm³/mol. The van der Waals surface area contributed by atoms with Crippen LogP contribution < -0.4 is 11.1 Å². The number of pyridine rings is 1. The summed E-state index contributed by atoms with van der Waals surface area (Å²) in [6.07, 6.45) is 3.45. The monoisotopic (exact) mass is 378 g/mol. The lowest BCUT2D eigenvalue weighted by atomic mass is 10.1. The highest BCUT2D eigenvalue weighted by Gasteiger charge is 2.16. The van der Waals surface area contributed by atoms with Gasteiger partial charge in [0.2, 0.25) is 5.91 Å². The van der Waals surface area contributed by atoms with Gasteiger partial charge in [-0.3, -0.25) is 9.78 Å². The van der Waals surface area contributed by atoms with Crippen LogP contribution in [0.2, 0.25) is 10.0 Å². The minimum atomic E-state index is -0.415. The first kappa shape index (κ1) is 16.7. The van der Waals surface area contributed by atoms with E-state index in [4.69, 9.17) is 28.9 Å². The van der Waals surface area contributed by atoms with Crippen LogP contribution in [-0.4, -0.2) is 15.9 Å². The fraction of sp³-hybridized carbons (Fsp3) is 0.0625. The highest BCUT2D eigenvalue weighted by Crippen LogP contribution is 2.35. The summed E-state index contributed by atoms with van der Waals surface area (Å²) in [6.45, 7) is 0. The number of aromatic nitrogens is 2. The van der Waals surface area contributed by atoms with Gasteiger partial charge in [0.25, 0.3) is 0 Å². The number of benzene rings is 1. The molecule has 0 aliphatic carbocycles. The molecule has 24 heavy (non-hydrogen) atoms. The highest BCUT2D eigenvalue weighted by atomic mass is 35.5. The maximum Gasteiger partial charge on any atom is 0.222 e. The van der Waals surface area contributed by atoms with Gasteiger partial charge < -0.3 is 11.1 Å². The molecule has 0 saturated carbocycles. The number of nitrogens with one attached hydrogen (secondary N) is 1. The van der Waals surface area contributed by atoms with Gasteiger partial charge in [0.05, 0.1) is 22.8 Å². The molecule has 0 spiro atoms. The van der Waals surface area contributed by atoms with Crippen LogP contribution in [0, 0.1) is 0 Å². The Morgan fingerprint density at radius 1 is 1.21 bits per heavy atom. The number of rotatable bonds is 5. The van der Waals surface area contributed by atoms with Crippen LogP contribution in [0.4, 0.5) is 10.8 Å². The first-order valence-electron chi connectivity index (χ1n) is 6.93. The maximum absolute atomic E-state index is 11.3. The maximum atomic E-state index is 11.3. The summed E-state index contributed by atoms with van der Waals surface area (Å²) in [6, 6.07) is 8.78. The number of amides is 1. The summed E-state index contributed by atoms with van der Waals surface area (Å²) in [5, 5.41) is 4.82. The summed E-state index contributed by atoms with van der Waals surface area (Å²) < 4.78 is 0. The van der Waals surface area contributed by atoms with Crippen LogP contribution in [0.25, 0.3) is 11.3 Å². The van der Waals surface area contributed by atoms with E-state index in [2.05, 4.69) is 15.3 Å².